The number of sulfonamides is 1. The molecule has 0 spiro atoms. The van der Waals surface area contributed by atoms with Crippen LogP contribution in [0.15, 0.2) is 35.2 Å². The minimum atomic E-state index is -3.86. The number of carbonyl (C=O) groups is 2. The van der Waals surface area contributed by atoms with Crippen LogP contribution in [0, 0.1) is 5.92 Å². The lowest BCUT2D eigenvalue weighted by Crippen LogP contribution is -2.46. The molecule has 1 aromatic carbocycles. The number of esters is 2. The van der Waals surface area contributed by atoms with Gasteiger partial charge in [0.15, 0.2) is 0 Å². The average molecular weight is 341 g/mol. The summed E-state index contributed by atoms with van der Waals surface area (Å²) in [6.45, 7) is 3.57. The van der Waals surface area contributed by atoms with Crippen molar-refractivity contribution < 1.29 is 27.5 Å². The van der Waals surface area contributed by atoms with E-state index in [4.69, 9.17) is 9.47 Å². The number of hydrogen-bond donors (Lipinski definition) is 1. The predicted octanol–water partition coefficient (Wildman–Crippen LogP) is 0.848. The quantitative estimate of drug-likeness (QED) is 0.770. The maximum Gasteiger partial charge on any atom is 0.347 e. The highest BCUT2D eigenvalue weighted by Gasteiger charge is 2.35. The Morgan fingerprint density at radius 1 is 1.30 bits per heavy atom. The van der Waals surface area contributed by atoms with Gasteiger partial charge in [-0.05, 0) is 18.1 Å². The van der Waals surface area contributed by atoms with Crippen LogP contribution in [0.2, 0.25) is 0 Å². The van der Waals surface area contributed by atoms with Gasteiger partial charge in [0.25, 0.3) is 0 Å². The zero-order chi connectivity index (χ0) is 17.0. The van der Waals surface area contributed by atoms with E-state index in [1.807, 2.05) is 0 Å². The third-order valence-corrected chi connectivity index (χ3v) is 4.86. The molecule has 1 saturated heterocycles. The minimum absolute atomic E-state index is 0.0544. The van der Waals surface area contributed by atoms with Crippen LogP contribution in [-0.2, 0) is 29.1 Å². The molecule has 8 heteroatoms. The molecule has 0 radical (unpaired) electrons. The fourth-order valence-electron chi connectivity index (χ4n) is 2.09. The van der Waals surface area contributed by atoms with Gasteiger partial charge in [-0.2, -0.15) is 4.72 Å². The molecule has 0 saturated carbocycles. The molecular weight excluding hydrogens is 322 g/mol. The van der Waals surface area contributed by atoms with Crippen molar-refractivity contribution in [2.24, 2.45) is 5.92 Å². The Morgan fingerprint density at radius 2 is 1.96 bits per heavy atom. The summed E-state index contributed by atoms with van der Waals surface area (Å²) >= 11 is 0. The van der Waals surface area contributed by atoms with Crippen molar-refractivity contribution in [3.05, 3.63) is 30.3 Å². The summed E-state index contributed by atoms with van der Waals surface area (Å²) in [6, 6.07) is 6.64. The molecule has 1 fully saturated rings. The largest absolute Gasteiger partial charge is 0.463 e. The van der Waals surface area contributed by atoms with Crippen molar-refractivity contribution in [1.29, 1.82) is 0 Å². The molecule has 0 aromatic heterocycles. The molecule has 1 aliphatic heterocycles. The highest BCUT2D eigenvalue weighted by molar-refractivity contribution is 7.89. The van der Waals surface area contributed by atoms with Gasteiger partial charge >= 0.3 is 11.9 Å². The van der Waals surface area contributed by atoms with E-state index >= 15 is 0 Å². The monoisotopic (exact) mass is 341 g/mol. The first-order chi connectivity index (χ1) is 10.8. The molecule has 0 bridgehead atoms. The van der Waals surface area contributed by atoms with Crippen molar-refractivity contribution in [3.63, 3.8) is 0 Å². The standard InChI is InChI=1S/C15H19NO6S/c1-10(2)13(15(18)22-12-8-9-21-14(12)17)16-23(19,20)11-6-4-3-5-7-11/h3-7,10,12-13,16H,8-9H2,1-2H3/t12-,13-/m1/s1. The van der Waals surface area contributed by atoms with E-state index < -0.39 is 34.1 Å². The SMILES string of the molecule is CC(C)[C@@H](NS(=O)(=O)c1ccccc1)C(=O)O[C@@H]1CCOC1=O. The Bertz CT molecular complexity index is 670. The number of cyclic esters (lactones) is 1. The summed E-state index contributed by atoms with van der Waals surface area (Å²) in [4.78, 5) is 23.7. The Morgan fingerprint density at radius 3 is 2.48 bits per heavy atom. The zero-order valence-electron chi connectivity index (χ0n) is 12.9. The molecule has 23 heavy (non-hydrogen) atoms. The Labute approximate surface area is 135 Å². The van der Waals surface area contributed by atoms with Crippen LogP contribution in [0.1, 0.15) is 20.3 Å². The fourth-order valence-corrected chi connectivity index (χ4v) is 3.44. The van der Waals surface area contributed by atoms with Crippen LogP contribution >= 0.6 is 0 Å². The van der Waals surface area contributed by atoms with Crippen molar-refractivity contribution in [3.8, 4) is 0 Å². The second-order valence-electron chi connectivity index (χ2n) is 5.54. The van der Waals surface area contributed by atoms with Gasteiger partial charge in [-0.25, -0.2) is 13.2 Å². The number of benzene rings is 1. The average Bonchev–Trinajstić information content (AvgIpc) is 2.90. The summed E-state index contributed by atoms with van der Waals surface area (Å²) in [6.07, 6.45) is -0.689. The highest BCUT2D eigenvalue weighted by atomic mass is 32.2. The molecule has 1 aliphatic rings. The summed E-state index contributed by atoms with van der Waals surface area (Å²) in [5.41, 5.74) is 0. The van der Waals surface area contributed by atoms with Gasteiger partial charge < -0.3 is 9.47 Å². The lowest BCUT2D eigenvalue weighted by Gasteiger charge is -2.21. The topological polar surface area (TPSA) is 98.8 Å². The van der Waals surface area contributed by atoms with Gasteiger partial charge in [-0.3, -0.25) is 4.79 Å². The molecule has 0 aliphatic carbocycles. The van der Waals surface area contributed by atoms with E-state index in [1.165, 1.54) is 12.1 Å². The Hall–Kier alpha value is -1.93. The first-order valence-corrected chi connectivity index (χ1v) is 8.74. The highest BCUT2D eigenvalue weighted by Crippen LogP contribution is 2.16. The Kier molecular flexibility index (Phi) is 5.38. The molecule has 2 atom stereocenters. The van der Waals surface area contributed by atoms with Gasteiger partial charge in [0.2, 0.25) is 16.1 Å². The van der Waals surface area contributed by atoms with Gasteiger partial charge in [0.1, 0.15) is 6.04 Å². The van der Waals surface area contributed by atoms with Gasteiger partial charge in [-0.15, -0.1) is 0 Å². The third kappa shape index (κ3) is 4.29. The summed E-state index contributed by atoms with van der Waals surface area (Å²) in [5.74, 6) is -1.74. The lowest BCUT2D eigenvalue weighted by atomic mass is 10.1. The number of carbonyl (C=O) groups excluding carboxylic acids is 2. The number of ether oxygens (including phenoxy) is 2. The summed E-state index contributed by atoms with van der Waals surface area (Å²) < 4.78 is 36.8. The molecule has 1 aromatic rings. The molecule has 0 unspecified atom stereocenters. The normalized spacial score (nSPS) is 19.4. The van der Waals surface area contributed by atoms with Crippen LogP contribution in [0.25, 0.3) is 0 Å². The van der Waals surface area contributed by atoms with Gasteiger partial charge in [-0.1, -0.05) is 32.0 Å². The maximum atomic E-state index is 12.3. The molecule has 1 N–H and O–H groups in total. The molecule has 126 valence electrons. The fraction of sp³-hybridized carbons (Fsp3) is 0.467. The van der Waals surface area contributed by atoms with Gasteiger partial charge in [0, 0.05) is 6.42 Å². The van der Waals surface area contributed by atoms with E-state index in [1.54, 1.807) is 32.0 Å². The van der Waals surface area contributed by atoms with Crippen LogP contribution in [-0.4, -0.2) is 39.1 Å². The van der Waals surface area contributed by atoms with Crippen molar-refractivity contribution in [1.82, 2.24) is 4.72 Å². The molecular formula is C15H19NO6S. The van der Waals surface area contributed by atoms with Crippen LogP contribution < -0.4 is 4.72 Å². The van der Waals surface area contributed by atoms with E-state index in [9.17, 15) is 18.0 Å². The first-order valence-electron chi connectivity index (χ1n) is 7.26. The number of rotatable bonds is 6. The third-order valence-electron chi connectivity index (χ3n) is 3.40. The second kappa shape index (κ2) is 7.10. The van der Waals surface area contributed by atoms with Crippen LogP contribution in [0.5, 0.6) is 0 Å². The van der Waals surface area contributed by atoms with E-state index in [-0.39, 0.29) is 23.8 Å². The van der Waals surface area contributed by atoms with E-state index in [2.05, 4.69) is 4.72 Å². The second-order valence-corrected chi connectivity index (χ2v) is 7.25. The zero-order valence-corrected chi connectivity index (χ0v) is 13.7. The first kappa shape index (κ1) is 17.4. The van der Waals surface area contributed by atoms with Gasteiger partial charge in [0.05, 0.1) is 11.5 Å². The van der Waals surface area contributed by atoms with Crippen molar-refractivity contribution >= 4 is 22.0 Å². The maximum absolute atomic E-state index is 12.3. The van der Waals surface area contributed by atoms with E-state index in [0.29, 0.717) is 0 Å². The smallest absolute Gasteiger partial charge is 0.347 e. The van der Waals surface area contributed by atoms with Crippen LogP contribution in [0.3, 0.4) is 0 Å². The molecule has 1 heterocycles. The predicted molar refractivity (Wildman–Crippen MR) is 80.8 cm³/mol. The summed E-state index contributed by atoms with van der Waals surface area (Å²) in [5, 5.41) is 0. The van der Waals surface area contributed by atoms with Crippen molar-refractivity contribution in [2.75, 3.05) is 6.61 Å². The van der Waals surface area contributed by atoms with Crippen molar-refractivity contribution in [2.45, 2.75) is 37.3 Å². The Balaban J connectivity index is 2.12. The number of hydrogen-bond acceptors (Lipinski definition) is 6. The minimum Gasteiger partial charge on any atom is -0.463 e. The molecule has 7 nitrogen and oxygen atoms in total. The summed E-state index contributed by atoms with van der Waals surface area (Å²) in [7, 11) is -3.86. The number of nitrogens with one attached hydrogen (secondary N) is 1. The van der Waals surface area contributed by atoms with E-state index in [0.717, 1.165) is 0 Å². The lowest BCUT2D eigenvalue weighted by molar-refractivity contribution is -0.162. The van der Waals surface area contributed by atoms with Crippen LogP contribution in [0.4, 0.5) is 0 Å². The molecule has 2 rings (SSSR count). The molecule has 0 amide bonds.